The molecule has 2 aliphatic rings. The van der Waals surface area contributed by atoms with Crippen molar-refractivity contribution < 1.29 is 14.3 Å². The molecule has 0 aromatic heterocycles. The highest BCUT2D eigenvalue weighted by atomic mass is 16.6. The number of hydrogen-bond donors (Lipinski definition) is 1. The summed E-state index contributed by atoms with van der Waals surface area (Å²) in [5.41, 5.74) is -0.525. The van der Waals surface area contributed by atoms with Crippen molar-refractivity contribution in [3.8, 4) is 0 Å². The molecule has 1 amide bonds. The van der Waals surface area contributed by atoms with Crippen molar-refractivity contribution in [3.05, 3.63) is 0 Å². The van der Waals surface area contributed by atoms with Crippen LogP contribution in [-0.4, -0.2) is 55.0 Å². The second kappa shape index (κ2) is 5.67. The first-order valence-corrected chi connectivity index (χ1v) is 7.21. The van der Waals surface area contributed by atoms with E-state index < -0.39 is 5.60 Å². The molecule has 0 aliphatic carbocycles. The van der Waals surface area contributed by atoms with Gasteiger partial charge in [-0.05, 0) is 40.2 Å². The van der Waals surface area contributed by atoms with Gasteiger partial charge in [-0.15, -0.1) is 0 Å². The Labute approximate surface area is 115 Å². The summed E-state index contributed by atoms with van der Waals surface area (Å²) < 4.78 is 11.2. The third kappa shape index (κ3) is 4.08. The van der Waals surface area contributed by atoms with Crippen LogP contribution in [0.4, 0.5) is 4.79 Å². The van der Waals surface area contributed by atoms with E-state index in [1.54, 1.807) is 4.90 Å². The van der Waals surface area contributed by atoms with Crippen LogP contribution in [0.15, 0.2) is 0 Å². The number of ether oxygens (including phenoxy) is 2. The number of amides is 1. The van der Waals surface area contributed by atoms with Gasteiger partial charge in [-0.25, -0.2) is 4.79 Å². The van der Waals surface area contributed by atoms with E-state index >= 15 is 0 Å². The summed E-state index contributed by atoms with van der Waals surface area (Å²) in [5, 5.41) is 3.55. The zero-order chi connectivity index (χ0) is 13.9. The molecule has 2 fully saturated rings. The number of rotatable bonds is 0. The first-order chi connectivity index (χ1) is 8.90. The lowest BCUT2D eigenvalue weighted by Gasteiger charge is -2.39. The lowest BCUT2D eigenvalue weighted by molar-refractivity contribution is 0.0205. The van der Waals surface area contributed by atoms with Crippen LogP contribution in [0.25, 0.3) is 0 Å². The van der Waals surface area contributed by atoms with E-state index in [1.165, 1.54) is 12.8 Å². The average molecular weight is 270 g/mol. The Morgan fingerprint density at radius 3 is 2.79 bits per heavy atom. The Balaban J connectivity index is 2.01. The van der Waals surface area contributed by atoms with E-state index in [4.69, 9.17) is 9.47 Å². The first kappa shape index (κ1) is 14.6. The maximum absolute atomic E-state index is 12.2. The monoisotopic (exact) mass is 270 g/mol. The number of nitrogens with one attached hydrogen (secondary N) is 1. The maximum Gasteiger partial charge on any atom is 0.410 e. The molecule has 0 radical (unpaired) electrons. The topological polar surface area (TPSA) is 50.8 Å². The fourth-order valence-electron chi connectivity index (χ4n) is 2.70. The van der Waals surface area contributed by atoms with E-state index in [0.717, 1.165) is 13.0 Å². The van der Waals surface area contributed by atoms with E-state index in [2.05, 4.69) is 5.32 Å². The molecule has 110 valence electrons. The molecule has 1 N–H and O–H groups in total. The fourth-order valence-corrected chi connectivity index (χ4v) is 2.70. The molecule has 5 heteroatoms. The van der Waals surface area contributed by atoms with E-state index in [-0.39, 0.29) is 11.6 Å². The lowest BCUT2D eigenvalue weighted by atomic mass is 9.89. The number of nitrogens with zero attached hydrogens (tertiary/aromatic N) is 1. The summed E-state index contributed by atoms with van der Waals surface area (Å²) in [4.78, 5) is 14.0. The van der Waals surface area contributed by atoms with Gasteiger partial charge < -0.3 is 19.7 Å². The van der Waals surface area contributed by atoms with Gasteiger partial charge in [0.1, 0.15) is 5.60 Å². The van der Waals surface area contributed by atoms with Gasteiger partial charge >= 0.3 is 6.09 Å². The van der Waals surface area contributed by atoms with Crippen molar-refractivity contribution in [1.82, 2.24) is 10.2 Å². The molecule has 0 aromatic rings. The van der Waals surface area contributed by atoms with Gasteiger partial charge in [-0.3, -0.25) is 0 Å². The zero-order valence-electron chi connectivity index (χ0n) is 12.3. The maximum atomic E-state index is 12.2. The highest BCUT2D eigenvalue weighted by Gasteiger charge is 2.38. The molecule has 1 spiro atoms. The molecule has 0 aromatic carbocycles. The van der Waals surface area contributed by atoms with Crippen molar-refractivity contribution in [2.24, 2.45) is 0 Å². The molecule has 2 heterocycles. The lowest BCUT2D eigenvalue weighted by Crippen LogP contribution is -2.58. The molecular weight excluding hydrogens is 244 g/mol. The van der Waals surface area contributed by atoms with Crippen molar-refractivity contribution in [2.75, 3.05) is 32.8 Å². The molecular formula is C14H26N2O3. The van der Waals surface area contributed by atoms with Crippen molar-refractivity contribution in [1.29, 1.82) is 0 Å². The van der Waals surface area contributed by atoms with E-state index in [1.807, 2.05) is 20.8 Å². The minimum absolute atomic E-state index is 0.0777. The van der Waals surface area contributed by atoms with Crippen molar-refractivity contribution >= 4 is 6.09 Å². The van der Waals surface area contributed by atoms with Crippen LogP contribution in [0.3, 0.4) is 0 Å². The molecule has 5 nitrogen and oxygen atoms in total. The van der Waals surface area contributed by atoms with Crippen molar-refractivity contribution in [2.45, 2.75) is 51.2 Å². The Morgan fingerprint density at radius 1 is 1.37 bits per heavy atom. The second-order valence-corrected chi connectivity index (χ2v) is 6.62. The standard InChI is InChI=1S/C14H26N2O3/c1-13(2,3)19-12(17)16-8-9-18-11-14(10-16)6-4-5-7-15-14/h15H,4-11H2,1-3H3. The smallest absolute Gasteiger partial charge is 0.410 e. The number of carbonyl (C=O) groups is 1. The summed E-state index contributed by atoms with van der Waals surface area (Å²) in [6.07, 6.45) is 3.23. The van der Waals surface area contributed by atoms with Crippen LogP contribution < -0.4 is 5.32 Å². The minimum Gasteiger partial charge on any atom is -0.444 e. The van der Waals surface area contributed by atoms with Gasteiger partial charge in [0, 0.05) is 13.1 Å². The second-order valence-electron chi connectivity index (χ2n) is 6.62. The first-order valence-electron chi connectivity index (χ1n) is 7.21. The van der Waals surface area contributed by atoms with Crippen LogP contribution in [0, 0.1) is 0 Å². The molecule has 2 saturated heterocycles. The Hall–Kier alpha value is -0.810. The van der Waals surface area contributed by atoms with Crippen LogP contribution >= 0.6 is 0 Å². The van der Waals surface area contributed by atoms with E-state index in [0.29, 0.717) is 26.3 Å². The third-order valence-electron chi connectivity index (χ3n) is 3.61. The highest BCUT2D eigenvalue weighted by Crippen LogP contribution is 2.24. The fraction of sp³-hybridized carbons (Fsp3) is 0.929. The quantitative estimate of drug-likeness (QED) is 0.729. The molecule has 19 heavy (non-hydrogen) atoms. The molecule has 1 atom stereocenters. The Kier molecular flexibility index (Phi) is 4.36. The van der Waals surface area contributed by atoms with Gasteiger partial charge in [0.2, 0.25) is 0 Å². The summed E-state index contributed by atoms with van der Waals surface area (Å²) >= 11 is 0. The van der Waals surface area contributed by atoms with E-state index in [9.17, 15) is 4.79 Å². The van der Waals surface area contributed by atoms with Crippen LogP contribution in [0.1, 0.15) is 40.0 Å². The SMILES string of the molecule is CC(C)(C)OC(=O)N1CCOCC2(CCCCN2)C1. The van der Waals surface area contributed by atoms with Gasteiger partial charge in [-0.1, -0.05) is 6.42 Å². The zero-order valence-corrected chi connectivity index (χ0v) is 12.3. The van der Waals surface area contributed by atoms with Crippen LogP contribution in [0.2, 0.25) is 0 Å². The van der Waals surface area contributed by atoms with Gasteiger partial charge in [-0.2, -0.15) is 0 Å². The molecule has 0 saturated carbocycles. The van der Waals surface area contributed by atoms with Gasteiger partial charge in [0.15, 0.2) is 0 Å². The number of carbonyl (C=O) groups excluding carboxylic acids is 1. The normalized spacial score (nSPS) is 29.1. The predicted molar refractivity (Wildman–Crippen MR) is 73.2 cm³/mol. The van der Waals surface area contributed by atoms with Crippen LogP contribution in [-0.2, 0) is 9.47 Å². The largest absolute Gasteiger partial charge is 0.444 e. The Morgan fingerprint density at radius 2 is 2.16 bits per heavy atom. The molecule has 2 aliphatic heterocycles. The summed E-state index contributed by atoms with van der Waals surface area (Å²) in [6.45, 7) is 9.26. The molecule has 1 unspecified atom stereocenters. The third-order valence-corrected chi connectivity index (χ3v) is 3.61. The van der Waals surface area contributed by atoms with Gasteiger partial charge in [0.25, 0.3) is 0 Å². The summed E-state index contributed by atoms with van der Waals surface area (Å²) in [6, 6.07) is 0. The minimum atomic E-state index is -0.447. The highest BCUT2D eigenvalue weighted by molar-refractivity contribution is 5.68. The summed E-state index contributed by atoms with van der Waals surface area (Å²) in [7, 11) is 0. The molecule has 0 bridgehead atoms. The van der Waals surface area contributed by atoms with Crippen LogP contribution in [0.5, 0.6) is 0 Å². The summed E-state index contributed by atoms with van der Waals surface area (Å²) in [5.74, 6) is 0. The predicted octanol–water partition coefficient (Wildman–Crippen LogP) is 1.77. The average Bonchev–Trinajstić information content (AvgIpc) is 2.51. The molecule has 2 rings (SSSR count). The van der Waals surface area contributed by atoms with Crippen molar-refractivity contribution in [3.63, 3.8) is 0 Å². The van der Waals surface area contributed by atoms with Gasteiger partial charge in [0.05, 0.1) is 18.8 Å². The number of hydrogen-bond acceptors (Lipinski definition) is 4. The number of piperidine rings is 1. The Bertz CT molecular complexity index is 319.